The Labute approximate surface area is 205 Å². The Balaban J connectivity index is 1.57. The standard InChI is InChI=1S/C32H20N2S/c1-2-9-23(10-3-1)33-19-18-26-27(33)17-15-21-14-16-25-24-11-5-6-12-28(24)34(32(25)31(21)26)30-20-22-8-4-7-13-29(22)35-30/h1-20H. The molecule has 0 bridgehead atoms. The second-order valence-electron chi connectivity index (χ2n) is 9.05. The largest absolute Gasteiger partial charge is 0.317 e. The number of para-hydroxylation sites is 2. The second kappa shape index (κ2) is 7.08. The summed E-state index contributed by atoms with van der Waals surface area (Å²) in [4.78, 5) is 0. The lowest BCUT2D eigenvalue weighted by Crippen LogP contribution is -1.93. The molecule has 8 aromatic rings. The monoisotopic (exact) mass is 464 g/mol. The molecular formula is C32H20N2S. The van der Waals surface area contributed by atoms with Crippen molar-refractivity contribution in [2.24, 2.45) is 0 Å². The van der Waals surface area contributed by atoms with Gasteiger partial charge in [0.25, 0.3) is 0 Å². The molecule has 164 valence electrons. The van der Waals surface area contributed by atoms with Crippen LogP contribution in [-0.4, -0.2) is 9.13 Å². The summed E-state index contributed by atoms with van der Waals surface area (Å²) in [5, 5.41) is 8.99. The van der Waals surface area contributed by atoms with E-state index in [1.807, 2.05) is 11.3 Å². The molecule has 0 aliphatic heterocycles. The highest BCUT2D eigenvalue weighted by molar-refractivity contribution is 7.21. The maximum atomic E-state index is 2.48. The van der Waals surface area contributed by atoms with Gasteiger partial charge in [0.05, 0.1) is 16.6 Å². The first-order chi connectivity index (χ1) is 17.4. The molecule has 2 nitrogen and oxygen atoms in total. The Morgan fingerprint density at radius 1 is 0.543 bits per heavy atom. The number of nitrogens with zero attached hydrogens (tertiary/aromatic N) is 2. The van der Waals surface area contributed by atoms with E-state index in [0.29, 0.717) is 0 Å². The first-order valence-electron chi connectivity index (χ1n) is 11.9. The Morgan fingerprint density at radius 2 is 1.34 bits per heavy atom. The van der Waals surface area contributed by atoms with Gasteiger partial charge in [0, 0.05) is 38.1 Å². The van der Waals surface area contributed by atoms with E-state index in [1.165, 1.54) is 64.3 Å². The van der Waals surface area contributed by atoms with Crippen LogP contribution in [0.5, 0.6) is 0 Å². The first-order valence-corrected chi connectivity index (χ1v) is 12.7. The summed E-state index contributed by atoms with van der Waals surface area (Å²) in [6.45, 7) is 0. The van der Waals surface area contributed by atoms with Crippen molar-refractivity contribution < 1.29 is 0 Å². The van der Waals surface area contributed by atoms with E-state index in [9.17, 15) is 0 Å². The van der Waals surface area contributed by atoms with Gasteiger partial charge in [0.15, 0.2) is 0 Å². The van der Waals surface area contributed by atoms with Gasteiger partial charge in [0.2, 0.25) is 0 Å². The molecule has 0 saturated carbocycles. The summed E-state index contributed by atoms with van der Waals surface area (Å²) in [7, 11) is 0. The Morgan fingerprint density at radius 3 is 2.26 bits per heavy atom. The van der Waals surface area contributed by atoms with E-state index >= 15 is 0 Å². The fourth-order valence-electron chi connectivity index (χ4n) is 5.61. The molecule has 3 aromatic heterocycles. The summed E-state index contributed by atoms with van der Waals surface area (Å²) in [6, 6.07) is 41.8. The van der Waals surface area contributed by atoms with Gasteiger partial charge < -0.3 is 4.57 Å². The van der Waals surface area contributed by atoms with Crippen LogP contribution in [-0.2, 0) is 0 Å². The number of rotatable bonds is 2. The van der Waals surface area contributed by atoms with E-state index < -0.39 is 0 Å². The second-order valence-corrected chi connectivity index (χ2v) is 10.1. The molecule has 0 N–H and O–H groups in total. The molecule has 3 heterocycles. The molecule has 35 heavy (non-hydrogen) atoms. The number of benzene rings is 5. The summed E-state index contributed by atoms with van der Waals surface area (Å²) in [5.41, 5.74) is 4.94. The quantitative estimate of drug-likeness (QED) is 0.241. The summed E-state index contributed by atoms with van der Waals surface area (Å²) >= 11 is 1.86. The zero-order valence-corrected chi connectivity index (χ0v) is 19.7. The third-order valence-electron chi connectivity index (χ3n) is 7.15. The van der Waals surface area contributed by atoms with Crippen molar-refractivity contribution >= 4 is 64.9 Å². The van der Waals surface area contributed by atoms with Crippen LogP contribution >= 0.6 is 11.3 Å². The summed E-state index contributed by atoms with van der Waals surface area (Å²) < 4.78 is 6.09. The van der Waals surface area contributed by atoms with Crippen molar-refractivity contribution in [3.8, 4) is 10.7 Å². The third-order valence-corrected chi connectivity index (χ3v) is 8.25. The lowest BCUT2D eigenvalue weighted by atomic mass is 10.0. The molecule has 0 amide bonds. The van der Waals surface area contributed by atoms with Crippen molar-refractivity contribution in [2.75, 3.05) is 0 Å². The van der Waals surface area contributed by atoms with Crippen molar-refractivity contribution in [1.29, 1.82) is 0 Å². The van der Waals surface area contributed by atoms with Gasteiger partial charge in [-0.05, 0) is 53.2 Å². The van der Waals surface area contributed by atoms with Crippen molar-refractivity contribution in [3.63, 3.8) is 0 Å². The average Bonchev–Trinajstić information content (AvgIpc) is 3.62. The lowest BCUT2D eigenvalue weighted by molar-refractivity contribution is 1.13. The smallest absolute Gasteiger partial charge is 0.101 e. The van der Waals surface area contributed by atoms with Crippen LogP contribution in [0.4, 0.5) is 0 Å². The number of hydrogen-bond acceptors (Lipinski definition) is 1. The molecule has 5 aromatic carbocycles. The predicted octanol–water partition coefficient (Wildman–Crippen LogP) is 9.10. The predicted molar refractivity (Wildman–Crippen MR) is 151 cm³/mol. The Kier molecular flexibility index (Phi) is 3.85. The van der Waals surface area contributed by atoms with Gasteiger partial charge in [-0.3, -0.25) is 4.57 Å². The van der Waals surface area contributed by atoms with Gasteiger partial charge in [-0.25, -0.2) is 0 Å². The molecule has 0 spiro atoms. The van der Waals surface area contributed by atoms with E-state index in [4.69, 9.17) is 0 Å². The fraction of sp³-hybridized carbons (Fsp3) is 0. The minimum Gasteiger partial charge on any atom is -0.317 e. The Bertz CT molecular complexity index is 2020. The molecular weight excluding hydrogens is 444 g/mol. The van der Waals surface area contributed by atoms with Crippen LogP contribution < -0.4 is 0 Å². The maximum absolute atomic E-state index is 2.48. The lowest BCUT2D eigenvalue weighted by Gasteiger charge is -2.10. The van der Waals surface area contributed by atoms with Crippen LogP contribution in [0.15, 0.2) is 121 Å². The van der Waals surface area contributed by atoms with Gasteiger partial charge in [0.1, 0.15) is 5.00 Å². The molecule has 0 aliphatic rings. The van der Waals surface area contributed by atoms with E-state index in [0.717, 1.165) is 0 Å². The molecule has 0 unspecified atom stereocenters. The Hall–Kier alpha value is -4.34. The van der Waals surface area contributed by atoms with Crippen LogP contribution in [0, 0.1) is 0 Å². The van der Waals surface area contributed by atoms with Gasteiger partial charge in [-0.1, -0.05) is 72.8 Å². The molecule has 3 heteroatoms. The van der Waals surface area contributed by atoms with Gasteiger partial charge in [-0.2, -0.15) is 0 Å². The molecule has 0 saturated heterocycles. The SMILES string of the molecule is c1ccc(-n2ccc3c4c(ccc5c6ccccc6n(-c6cc7ccccc7s6)c54)ccc32)cc1. The molecule has 0 atom stereocenters. The minimum atomic E-state index is 1.18. The van der Waals surface area contributed by atoms with E-state index in [1.54, 1.807) is 0 Å². The highest BCUT2D eigenvalue weighted by atomic mass is 32.1. The van der Waals surface area contributed by atoms with E-state index in [2.05, 4.69) is 131 Å². The third kappa shape index (κ3) is 2.64. The normalized spacial score (nSPS) is 12.0. The summed E-state index contributed by atoms with van der Waals surface area (Å²) in [6.07, 6.45) is 2.20. The van der Waals surface area contributed by atoms with Crippen LogP contribution in [0.3, 0.4) is 0 Å². The van der Waals surface area contributed by atoms with Crippen molar-refractivity contribution in [1.82, 2.24) is 9.13 Å². The number of fused-ring (bicyclic) bond motifs is 8. The zero-order valence-electron chi connectivity index (χ0n) is 18.8. The fourth-order valence-corrected chi connectivity index (χ4v) is 6.69. The van der Waals surface area contributed by atoms with Crippen LogP contribution in [0.2, 0.25) is 0 Å². The number of thiophene rings is 1. The number of aromatic nitrogens is 2. The topological polar surface area (TPSA) is 9.86 Å². The van der Waals surface area contributed by atoms with Crippen LogP contribution in [0.1, 0.15) is 0 Å². The highest BCUT2D eigenvalue weighted by Gasteiger charge is 2.18. The first kappa shape index (κ1) is 19.0. The number of hydrogen-bond donors (Lipinski definition) is 0. The summed E-state index contributed by atoms with van der Waals surface area (Å²) in [5.74, 6) is 0. The zero-order chi connectivity index (χ0) is 22.9. The maximum Gasteiger partial charge on any atom is 0.101 e. The van der Waals surface area contributed by atoms with E-state index in [-0.39, 0.29) is 0 Å². The van der Waals surface area contributed by atoms with Gasteiger partial charge >= 0.3 is 0 Å². The highest BCUT2D eigenvalue weighted by Crippen LogP contribution is 2.42. The molecule has 0 fully saturated rings. The van der Waals surface area contributed by atoms with Crippen molar-refractivity contribution in [2.45, 2.75) is 0 Å². The van der Waals surface area contributed by atoms with Crippen LogP contribution in [0.25, 0.3) is 64.3 Å². The molecule has 8 rings (SSSR count). The molecule has 0 radical (unpaired) electrons. The molecule has 0 aliphatic carbocycles. The van der Waals surface area contributed by atoms with Gasteiger partial charge in [-0.15, -0.1) is 11.3 Å². The van der Waals surface area contributed by atoms with Crippen molar-refractivity contribution in [3.05, 3.63) is 121 Å². The minimum absolute atomic E-state index is 1.18. The average molecular weight is 465 g/mol.